The Hall–Kier alpha value is -1.99. The van der Waals surface area contributed by atoms with Gasteiger partial charge in [0.15, 0.2) is 0 Å². The van der Waals surface area contributed by atoms with Gasteiger partial charge in [-0.2, -0.15) is 0 Å². The molecule has 0 saturated carbocycles. The van der Waals surface area contributed by atoms with E-state index in [1.807, 2.05) is 4.90 Å². The quantitative estimate of drug-likeness (QED) is 0.851. The van der Waals surface area contributed by atoms with Gasteiger partial charge in [0.25, 0.3) is 0 Å². The molecule has 2 heterocycles. The molecule has 2 saturated heterocycles. The number of likely N-dealkylation sites (tertiary alicyclic amines) is 1. The van der Waals surface area contributed by atoms with Crippen LogP contribution in [0.1, 0.15) is 26.2 Å². The molecule has 1 unspecified atom stereocenters. The lowest BCUT2D eigenvalue weighted by atomic mass is 10.0. The Bertz CT molecular complexity index is 644. The number of piperazine rings is 1. The molecule has 0 spiro atoms. The van der Waals surface area contributed by atoms with Crippen LogP contribution in [-0.4, -0.2) is 78.4 Å². The van der Waals surface area contributed by atoms with Crippen LogP contribution in [0.2, 0.25) is 0 Å². The van der Waals surface area contributed by atoms with Crippen LogP contribution in [-0.2, 0) is 9.59 Å². The SMILES string of the molecule is CC1CCCCN1C(=O)CN1CCN(CC(=O)Nc2ccc(F)cc2)CC1. The lowest BCUT2D eigenvalue weighted by Gasteiger charge is -2.37. The number of piperidine rings is 1. The highest BCUT2D eigenvalue weighted by molar-refractivity contribution is 5.92. The summed E-state index contributed by atoms with van der Waals surface area (Å²) in [6, 6.07) is 6.11. The van der Waals surface area contributed by atoms with Crippen LogP contribution in [0.4, 0.5) is 10.1 Å². The minimum absolute atomic E-state index is 0.103. The molecule has 0 radical (unpaired) electrons. The van der Waals surface area contributed by atoms with Gasteiger partial charge in [0.2, 0.25) is 11.8 Å². The summed E-state index contributed by atoms with van der Waals surface area (Å²) in [6.07, 6.45) is 3.42. The average Bonchev–Trinajstić information content (AvgIpc) is 2.65. The zero-order chi connectivity index (χ0) is 19.2. The normalized spacial score (nSPS) is 21.9. The zero-order valence-corrected chi connectivity index (χ0v) is 16.0. The second-order valence-electron chi connectivity index (χ2n) is 7.54. The largest absolute Gasteiger partial charge is 0.339 e. The molecular formula is C20H29FN4O2. The maximum Gasteiger partial charge on any atom is 0.238 e. The fourth-order valence-electron chi connectivity index (χ4n) is 3.79. The average molecular weight is 376 g/mol. The van der Waals surface area contributed by atoms with E-state index in [9.17, 15) is 14.0 Å². The Morgan fingerprint density at radius 3 is 2.26 bits per heavy atom. The Kier molecular flexibility index (Phi) is 6.79. The number of nitrogens with one attached hydrogen (secondary N) is 1. The van der Waals surface area contributed by atoms with E-state index in [0.717, 1.165) is 45.6 Å². The van der Waals surface area contributed by atoms with E-state index in [1.165, 1.54) is 18.6 Å². The van der Waals surface area contributed by atoms with Crippen molar-refractivity contribution in [1.29, 1.82) is 0 Å². The molecule has 3 rings (SSSR count). The highest BCUT2D eigenvalue weighted by Crippen LogP contribution is 2.17. The summed E-state index contributed by atoms with van der Waals surface area (Å²) in [5, 5.41) is 2.79. The number of hydrogen-bond acceptors (Lipinski definition) is 4. The van der Waals surface area contributed by atoms with Gasteiger partial charge in [0.05, 0.1) is 13.1 Å². The van der Waals surface area contributed by atoms with Crippen molar-refractivity contribution in [2.24, 2.45) is 0 Å². The molecule has 148 valence electrons. The lowest BCUT2D eigenvalue weighted by molar-refractivity contribution is -0.136. The molecule has 0 bridgehead atoms. The van der Waals surface area contributed by atoms with Gasteiger partial charge < -0.3 is 10.2 Å². The molecule has 1 aromatic carbocycles. The maximum absolute atomic E-state index is 12.9. The number of carbonyl (C=O) groups excluding carboxylic acids is 2. The van der Waals surface area contributed by atoms with Crippen LogP contribution in [0.25, 0.3) is 0 Å². The molecule has 1 atom stereocenters. The van der Waals surface area contributed by atoms with Crippen molar-refractivity contribution in [3.8, 4) is 0 Å². The van der Waals surface area contributed by atoms with Crippen molar-refractivity contribution in [3.63, 3.8) is 0 Å². The van der Waals surface area contributed by atoms with Crippen LogP contribution in [0.15, 0.2) is 24.3 Å². The summed E-state index contributed by atoms with van der Waals surface area (Å²) in [4.78, 5) is 31.0. The van der Waals surface area contributed by atoms with Crippen molar-refractivity contribution in [2.45, 2.75) is 32.2 Å². The number of carbonyl (C=O) groups is 2. The van der Waals surface area contributed by atoms with E-state index < -0.39 is 0 Å². The third-order valence-corrected chi connectivity index (χ3v) is 5.44. The number of nitrogens with zero attached hydrogens (tertiary/aromatic N) is 3. The van der Waals surface area contributed by atoms with Gasteiger partial charge in [-0.3, -0.25) is 19.4 Å². The fraction of sp³-hybridized carbons (Fsp3) is 0.600. The first-order valence-electron chi connectivity index (χ1n) is 9.81. The van der Waals surface area contributed by atoms with Crippen molar-refractivity contribution in [3.05, 3.63) is 30.1 Å². The van der Waals surface area contributed by atoms with E-state index in [0.29, 0.717) is 24.8 Å². The first-order chi connectivity index (χ1) is 13.0. The summed E-state index contributed by atoms with van der Waals surface area (Å²) < 4.78 is 12.9. The fourth-order valence-corrected chi connectivity index (χ4v) is 3.79. The number of benzene rings is 1. The molecule has 2 aliphatic rings. The third-order valence-electron chi connectivity index (χ3n) is 5.44. The van der Waals surface area contributed by atoms with Crippen LogP contribution in [0.5, 0.6) is 0 Å². The third kappa shape index (κ3) is 5.74. The molecule has 1 N–H and O–H groups in total. The lowest BCUT2D eigenvalue weighted by Crippen LogP contribution is -2.53. The monoisotopic (exact) mass is 376 g/mol. The summed E-state index contributed by atoms with van der Waals surface area (Å²) in [5.74, 6) is -0.199. The molecule has 7 heteroatoms. The van der Waals surface area contributed by atoms with Gasteiger partial charge in [-0.1, -0.05) is 0 Å². The van der Waals surface area contributed by atoms with Crippen molar-refractivity contribution in [2.75, 3.05) is 51.1 Å². The molecule has 0 aliphatic carbocycles. The molecule has 1 aromatic rings. The van der Waals surface area contributed by atoms with Crippen LogP contribution in [0, 0.1) is 5.82 Å². The molecular weight excluding hydrogens is 347 g/mol. The Balaban J connectivity index is 1.38. The summed E-state index contributed by atoms with van der Waals surface area (Å²) in [5.41, 5.74) is 0.598. The predicted molar refractivity (Wildman–Crippen MR) is 103 cm³/mol. The molecule has 27 heavy (non-hydrogen) atoms. The minimum Gasteiger partial charge on any atom is -0.339 e. The minimum atomic E-state index is -0.322. The highest BCUT2D eigenvalue weighted by atomic mass is 19.1. The molecule has 2 fully saturated rings. The topological polar surface area (TPSA) is 55.9 Å². The number of hydrogen-bond donors (Lipinski definition) is 1. The van der Waals surface area contributed by atoms with Gasteiger partial charge in [0, 0.05) is 44.5 Å². The van der Waals surface area contributed by atoms with E-state index >= 15 is 0 Å². The van der Waals surface area contributed by atoms with Gasteiger partial charge in [-0.25, -0.2) is 4.39 Å². The molecule has 2 amide bonds. The second kappa shape index (κ2) is 9.28. The maximum atomic E-state index is 12.9. The van der Waals surface area contributed by atoms with Crippen molar-refractivity contribution in [1.82, 2.24) is 14.7 Å². The standard InChI is InChI=1S/C20H29FN4O2/c1-16-4-2-3-9-25(16)20(27)15-24-12-10-23(11-13-24)14-19(26)22-18-7-5-17(21)6-8-18/h5-8,16H,2-4,9-15H2,1H3,(H,22,26). The Morgan fingerprint density at radius 1 is 1.00 bits per heavy atom. The van der Waals surface area contributed by atoms with Crippen LogP contribution < -0.4 is 5.32 Å². The highest BCUT2D eigenvalue weighted by Gasteiger charge is 2.26. The van der Waals surface area contributed by atoms with E-state index in [4.69, 9.17) is 0 Å². The number of halogens is 1. The second-order valence-corrected chi connectivity index (χ2v) is 7.54. The summed E-state index contributed by atoms with van der Waals surface area (Å²) in [7, 11) is 0. The van der Waals surface area contributed by atoms with Crippen LogP contribution >= 0.6 is 0 Å². The van der Waals surface area contributed by atoms with Gasteiger partial charge in [-0.15, -0.1) is 0 Å². The summed E-state index contributed by atoms with van der Waals surface area (Å²) >= 11 is 0. The molecule has 6 nitrogen and oxygen atoms in total. The van der Waals surface area contributed by atoms with E-state index in [-0.39, 0.29) is 17.6 Å². The number of anilines is 1. The van der Waals surface area contributed by atoms with Crippen LogP contribution in [0.3, 0.4) is 0 Å². The van der Waals surface area contributed by atoms with Gasteiger partial charge in [0.1, 0.15) is 5.82 Å². The number of amides is 2. The van der Waals surface area contributed by atoms with Crippen molar-refractivity contribution < 1.29 is 14.0 Å². The van der Waals surface area contributed by atoms with E-state index in [2.05, 4.69) is 22.0 Å². The predicted octanol–water partition coefficient (Wildman–Crippen LogP) is 1.78. The smallest absolute Gasteiger partial charge is 0.238 e. The zero-order valence-electron chi connectivity index (χ0n) is 16.0. The van der Waals surface area contributed by atoms with Gasteiger partial charge in [-0.05, 0) is 50.5 Å². The first kappa shape index (κ1) is 19.8. The summed E-state index contributed by atoms with van der Waals surface area (Å²) in [6.45, 7) is 6.90. The first-order valence-corrected chi connectivity index (χ1v) is 9.81. The van der Waals surface area contributed by atoms with Gasteiger partial charge >= 0.3 is 0 Å². The molecule has 2 aliphatic heterocycles. The Labute approximate surface area is 160 Å². The van der Waals surface area contributed by atoms with Crippen molar-refractivity contribution >= 4 is 17.5 Å². The number of rotatable bonds is 5. The Morgan fingerprint density at radius 2 is 1.63 bits per heavy atom. The van der Waals surface area contributed by atoms with E-state index in [1.54, 1.807) is 12.1 Å². The molecule has 0 aromatic heterocycles.